The van der Waals surface area contributed by atoms with E-state index in [1.54, 1.807) is 13.8 Å². The summed E-state index contributed by atoms with van der Waals surface area (Å²) in [6.45, 7) is 25.8. The van der Waals surface area contributed by atoms with Crippen molar-refractivity contribution in [3.05, 3.63) is 0 Å². The summed E-state index contributed by atoms with van der Waals surface area (Å²) in [4.78, 5) is 28.1. The molecule has 2 rings (SSSR count). The number of carbonyl (C=O) groups is 2. The molecule has 0 radical (unpaired) electrons. The number of rotatable bonds is 8. The van der Waals surface area contributed by atoms with Crippen LogP contribution in [0.1, 0.15) is 135 Å². The molecule has 0 aromatic carbocycles. The molecule has 0 spiro atoms. The monoisotopic (exact) mass is 570 g/mol. The lowest BCUT2D eigenvalue weighted by Crippen LogP contribution is -2.53. The van der Waals surface area contributed by atoms with Gasteiger partial charge in [0.05, 0.1) is 34.2 Å². The van der Waals surface area contributed by atoms with Crippen LogP contribution in [0.25, 0.3) is 0 Å². The van der Waals surface area contributed by atoms with E-state index in [2.05, 4.69) is 0 Å². The Morgan fingerprint density at radius 1 is 0.500 bits per heavy atom. The Morgan fingerprint density at radius 2 is 0.875 bits per heavy atom. The van der Waals surface area contributed by atoms with E-state index in [9.17, 15) is 9.59 Å². The predicted octanol–water partition coefficient (Wildman–Crippen LogP) is 7.51. The number of fused-ring (bicyclic) bond motifs is 1. The van der Waals surface area contributed by atoms with E-state index >= 15 is 0 Å². The van der Waals surface area contributed by atoms with Crippen LogP contribution in [0.2, 0.25) is 0 Å². The third-order valence-corrected chi connectivity index (χ3v) is 6.82. The standard InChI is InChI=1S/C32H58O8/c1-27(2,3)37-31(13,38-28(4,5)6)35-25(33)23-20-19-21-17-15-16-18-22(21)24(23)26(34)36-32(14,39-29(7,8)9)40-30(10,11)12/h21-24H,15-20H2,1-14H3. The van der Waals surface area contributed by atoms with Gasteiger partial charge in [-0.1, -0.05) is 19.3 Å². The maximum Gasteiger partial charge on any atom is 0.327 e. The number of ether oxygens (including phenoxy) is 6. The normalized spacial score (nSPS) is 25.2. The molecule has 0 aromatic rings. The van der Waals surface area contributed by atoms with Gasteiger partial charge < -0.3 is 28.4 Å². The van der Waals surface area contributed by atoms with Crippen LogP contribution < -0.4 is 0 Å². The molecular weight excluding hydrogens is 512 g/mol. The summed E-state index contributed by atoms with van der Waals surface area (Å²) in [5, 5.41) is 0. The van der Waals surface area contributed by atoms with Gasteiger partial charge in [-0.15, -0.1) is 0 Å². The first-order valence-electron chi connectivity index (χ1n) is 15.1. The molecule has 0 bridgehead atoms. The average molecular weight is 571 g/mol. The molecule has 0 heterocycles. The minimum atomic E-state index is -1.64. The molecule has 0 aromatic heterocycles. The lowest BCUT2D eigenvalue weighted by atomic mass is 9.61. The van der Waals surface area contributed by atoms with Crippen molar-refractivity contribution in [1.29, 1.82) is 0 Å². The molecule has 4 unspecified atom stereocenters. The lowest BCUT2D eigenvalue weighted by Gasteiger charge is -2.46. The zero-order chi connectivity index (χ0) is 30.9. The smallest absolute Gasteiger partial charge is 0.327 e. The SMILES string of the molecule is CC(C)(C)OC(C)(OC(=O)C1CCC2CCCCC2C1C(=O)OC(C)(OC(C)(C)C)OC(C)(C)C)OC(C)(C)C. The fourth-order valence-electron chi connectivity index (χ4n) is 6.40. The molecule has 234 valence electrons. The molecular formula is C32H58O8. The van der Waals surface area contributed by atoms with Gasteiger partial charge in [-0.3, -0.25) is 9.59 Å². The molecule has 2 aliphatic rings. The maximum atomic E-state index is 14.1. The van der Waals surface area contributed by atoms with Gasteiger partial charge in [-0.05, 0) is 114 Å². The second-order valence-electron chi connectivity index (χ2n) is 15.8. The minimum absolute atomic E-state index is 0.0133. The average Bonchev–Trinajstić information content (AvgIpc) is 2.66. The predicted molar refractivity (Wildman–Crippen MR) is 154 cm³/mol. The summed E-state index contributed by atoms with van der Waals surface area (Å²) in [7, 11) is 0. The van der Waals surface area contributed by atoms with Gasteiger partial charge in [0.25, 0.3) is 0 Å². The minimum Gasteiger partial charge on any atom is -0.408 e. The van der Waals surface area contributed by atoms with E-state index in [1.165, 1.54) is 0 Å². The van der Waals surface area contributed by atoms with E-state index in [0.717, 1.165) is 32.1 Å². The summed E-state index contributed by atoms with van der Waals surface area (Å²) in [6, 6.07) is 0. The Labute approximate surface area is 243 Å². The van der Waals surface area contributed by atoms with Crippen molar-refractivity contribution in [1.82, 2.24) is 0 Å². The first kappa shape index (κ1) is 35.0. The van der Waals surface area contributed by atoms with Gasteiger partial charge in [0.15, 0.2) is 0 Å². The second kappa shape index (κ2) is 12.2. The van der Waals surface area contributed by atoms with Crippen LogP contribution in [-0.4, -0.2) is 46.3 Å². The van der Waals surface area contributed by atoms with E-state index in [0.29, 0.717) is 12.3 Å². The molecule has 0 N–H and O–H groups in total. The highest BCUT2D eigenvalue weighted by molar-refractivity contribution is 5.83. The van der Waals surface area contributed by atoms with Crippen molar-refractivity contribution in [3.8, 4) is 0 Å². The first-order chi connectivity index (χ1) is 17.8. The van der Waals surface area contributed by atoms with Gasteiger partial charge in [0.1, 0.15) is 0 Å². The van der Waals surface area contributed by atoms with E-state index in [1.807, 2.05) is 83.1 Å². The number of carbonyl (C=O) groups excluding carboxylic acids is 2. The van der Waals surface area contributed by atoms with Crippen molar-refractivity contribution in [2.45, 2.75) is 170 Å². The number of esters is 2. The van der Waals surface area contributed by atoms with Gasteiger partial charge in [-0.25, -0.2) is 0 Å². The fourth-order valence-corrected chi connectivity index (χ4v) is 6.40. The molecule has 8 nitrogen and oxygen atoms in total. The quantitative estimate of drug-likeness (QED) is 0.219. The van der Waals surface area contributed by atoms with Crippen molar-refractivity contribution in [3.63, 3.8) is 0 Å². The van der Waals surface area contributed by atoms with Gasteiger partial charge in [0, 0.05) is 13.8 Å². The Kier molecular flexibility index (Phi) is 10.6. The van der Waals surface area contributed by atoms with Crippen molar-refractivity contribution in [2.24, 2.45) is 23.7 Å². The molecule has 40 heavy (non-hydrogen) atoms. The highest BCUT2D eigenvalue weighted by atomic mass is 16.9. The zero-order valence-corrected chi connectivity index (χ0v) is 27.8. The molecule has 2 fully saturated rings. The molecule has 0 amide bonds. The topological polar surface area (TPSA) is 89.5 Å². The summed E-state index contributed by atoms with van der Waals surface area (Å²) in [6.07, 6.45) is 5.44. The van der Waals surface area contributed by atoms with Crippen molar-refractivity contribution in [2.75, 3.05) is 0 Å². The van der Waals surface area contributed by atoms with Gasteiger partial charge in [0.2, 0.25) is 0 Å². The molecule has 0 saturated heterocycles. The first-order valence-corrected chi connectivity index (χ1v) is 15.1. The molecule has 2 saturated carbocycles. The van der Waals surface area contributed by atoms with Crippen LogP contribution >= 0.6 is 0 Å². The second-order valence-corrected chi connectivity index (χ2v) is 15.8. The van der Waals surface area contributed by atoms with Crippen LogP contribution in [0.4, 0.5) is 0 Å². The van der Waals surface area contributed by atoms with Crippen LogP contribution in [0.15, 0.2) is 0 Å². The molecule has 8 heteroatoms. The maximum absolute atomic E-state index is 14.1. The van der Waals surface area contributed by atoms with E-state index in [4.69, 9.17) is 28.4 Å². The van der Waals surface area contributed by atoms with Gasteiger partial charge >= 0.3 is 23.9 Å². The third-order valence-electron chi connectivity index (χ3n) is 6.82. The summed E-state index contributed by atoms with van der Waals surface area (Å²) in [5.41, 5.74) is -2.57. The van der Waals surface area contributed by atoms with Crippen LogP contribution in [0, 0.1) is 23.7 Å². The highest BCUT2D eigenvalue weighted by Crippen LogP contribution is 2.48. The Hall–Kier alpha value is -1.22. The highest BCUT2D eigenvalue weighted by Gasteiger charge is 2.52. The fraction of sp³-hybridized carbons (Fsp3) is 0.938. The van der Waals surface area contributed by atoms with Crippen LogP contribution in [0.5, 0.6) is 0 Å². The largest absolute Gasteiger partial charge is 0.408 e. The third kappa shape index (κ3) is 11.2. The molecule has 0 aliphatic heterocycles. The lowest BCUT2D eigenvalue weighted by molar-refractivity contribution is -0.407. The van der Waals surface area contributed by atoms with Crippen molar-refractivity contribution < 1.29 is 38.0 Å². The van der Waals surface area contributed by atoms with E-state index < -0.39 is 58.1 Å². The zero-order valence-electron chi connectivity index (χ0n) is 27.8. The number of hydrogen-bond donors (Lipinski definition) is 0. The summed E-state index contributed by atoms with van der Waals surface area (Å²) in [5.74, 6) is -5.30. The summed E-state index contributed by atoms with van der Waals surface area (Å²) >= 11 is 0. The Balaban J connectivity index is 2.43. The molecule has 2 aliphatic carbocycles. The van der Waals surface area contributed by atoms with Crippen molar-refractivity contribution >= 4 is 11.9 Å². The van der Waals surface area contributed by atoms with Crippen LogP contribution in [-0.2, 0) is 38.0 Å². The Morgan fingerprint density at radius 3 is 1.27 bits per heavy atom. The Bertz CT molecular complexity index is 835. The molecule has 4 atom stereocenters. The van der Waals surface area contributed by atoms with E-state index in [-0.39, 0.29) is 5.92 Å². The summed E-state index contributed by atoms with van der Waals surface area (Å²) < 4.78 is 36.7. The van der Waals surface area contributed by atoms with Gasteiger partial charge in [-0.2, -0.15) is 0 Å². The number of hydrogen-bond acceptors (Lipinski definition) is 8. The van der Waals surface area contributed by atoms with Crippen LogP contribution in [0.3, 0.4) is 0 Å².